The molecular weight excluding hydrogens is 402 g/mol. The number of benzene rings is 3. The topological polar surface area (TPSA) is 84.7 Å². The van der Waals surface area contributed by atoms with Gasteiger partial charge in [-0.25, -0.2) is 4.79 Å². The Morgan fingerprint density at radius 1 is 0.906 bits per heavy atom. The van der Waals surface area contributed by atoms with Gasteiger partial charge in [0, 0.05) is 0 Å². The van der Waals surface area contributed by atoms with Crippen molar-refractivity contribution in [3.63, 3.8) is 0 Å². The predicted molar refractivity (Wildman–Crippen MR) is 123 cm³/mol. The fourth-order valence-corrected chi connectivity index (χ4v) is 4.02. The van der Waals surface area contributed by atoms with Crippen LogP contribution < -0.4 is 15.8 Å². The highest BCUT2D eigenvalue weighted by Gasteiger charge is 2.54. The van der Waals surface area contributed by atoms with Crippen LogP contribution in [-0.2, 0) is 10.3 Å². The first-order chi connectivity index (χ1) is 15.3. The van der Waals surface area contributed by atoms with E-state index in [1.54, 1.807) is 6.92 Å². The van der Waals surface area contributed by atoms with Gasteiger partial charge in [-0.3, -0.25) is 9.69 Å². The van der Waals surface area contributed by atoms with Crippen molar-refractivity contribution in [1.82, 2.24) is 10.2 Å². The van der Waals surface area contributed by atoms with E-state index in [4.69, 9.17) is 10.5 Å². The maximum Gasteiger partial charge on any atom is 0.325 e. The summed E-state index contributed by atoms with van der Waals surface area (Å²) >= 11 is 0. The number of hydrogen-bond acceptors (Lipinski definition) is 4. The normalized spacial score (nSPS) is 17.0. The minimum absolute atomic E-state index is 0.0188. The third-order valence-corrected chi connectivity index (χ3v) is 5.69. The summed E-state index contributed by atoms with van der Waals surface area (Å²) in [6.45, 7) is 3.90. The molecule has 4 rings (SSSR count). The molecule has 1 heterocycles. The number of ether oxygens (including phenoxy) is 1. The number of aryl methyl sites for hydroxylation is 1. The maximum atomic E-state index is 13.8. The second-order valence-electron chi connectivity index (χ2n) is 8.51. The summed E-state index contributed by atoms with van der Waals surface area (Å²) in [5.74, 6) is 0.372. The van der Waals surface area contributed by atoms with Crippen molar-refractivity contribution >= 4 is 11.9 Å². The molecule has 6 heteroatoms. The van der Waals surface area contributed by atoms with Crippen LogP contribution in [0.1, 0.15) is 23.6 Å². The molecule has 1 atom stereocenters. The Hall–Kier alpha value is -3.64. The zero-order chi connectivity index (χ0) is 22.8. The summed E-state index contributed by atoms with van der Waals surface area (Å²) in [7, 11) is 0. The zero-order valence-electron chi connectivity index (χ0n) is 18.2. The number of para-hydroxylation sites is 1. The van der Waals surface area contributed by atoms with Crippen LogP contribution in [-0.4, -0.2) is 35.5 Å². The van der Waals surface area contributed by atoms with Gasteiger partial charge in [0.2, 0.25) is 0 Å². The van der Waals surface area contributed by atoms with Crippen LogP contribution in [0.2, 0.25) is 0 Å². The summed E-state index contributed by atoms with van der Waals surface area (Å²) in [5, 5.41) is 2.95. The fourth-order valence-electron chi connectivity index (χ4n) is 4.02. The number of nitrogens with zero attached hydrogens (tertiary/aromatic N) is 1. The van der Waals surface area contributed by atoms with E-state index in [0.717, 1.165) is 11.3 Å². The van der Waals surface area contributed by atoms with E-state index in [-0.39, 0.29) is 19.1 Å². The first kappa shape index (κ1) is 21.6. The van der Waals surface area contributed by atoms with Crippen LogP contribution in [0.15, 0.2) is 84.9 Å². The van der Waals surface area contributed by atoms with Crippen LogP contribution in [0.25, 0.3) is 0 Å². The average molecular weight is 430 g/mol. The molecule has 3 aromatic carbocycles. The second kappa shape index (κ2) is 8.48. The largest absolute Gasteiger partial charge is 0.491 e. The molecule has 0 radical (unpaired) electrons. The Morgan fingerprint density at radius 2 is 1.44 bits per heavy atom. The van der Waals surface area contributed by atoms with Crippen molar-refractivity contribution < 1.29 is 14.3 Å². The number of urea groups is 1. The van der Waals surface area contributed by atoms with Gasteiger partial charge in [-0.2, -0.15) is 0 Å². The average Bonchev–Trinajstić information content (AvgIpc) is 3.05. The van der Waals surface area contributed by atoms with E-state index >= 15 is 0 Å². The molecule has 0 bridgehead atoms. The number of imide groups is 1. The smallest absolute Gasteiger partial charge is 0.325 e. The molecule has 6 nitrogen and oxygen atoms in total. The summed E-state index contributed by atoms with van der Waals surface area (Å²) < 4.78 is 5.91. The van der Waals surface area contributed by atoms with Crippen molar-refractivity contribution in [2.24, 2.45) is 5.73 Å². The van der Waals surface area contributed by atoms with Gasteiger partial charge in [0.05, 0.1) is 12.1 Å². The van der Waals surface area contributed by atoms with Crippen molar-refractivity contribution in [3.8, 4) is 5.75 Å². The molecular formula is C26H27N3O3. The number of rotatable bonds is 7. The first-order valence-electron chi connectivity index (χ1n) is 10.6. The quantitative estimate of drug-likeness (QED) is 0.562. The van der Waals surface area contributed by atoms with E-state index in [2.05, 4.69) is 5.32 Å². The summed E-state index contributed by atoms with van der Waals surface area (Å²) in [6.07, 6.45) is 0. The Bertz CT molecular complexity index is 1070. The van der Waals surface area contributed by atoms with Crippen LogP contribution in [0.4, 0.5) is 4.79 Å². The zero-order valence-corrected chi connectivity index (χ0v) is 18.2. The Morgan fingerprint density at radius 3 is 2.00 bits per heavy atom. The number of carbonyl (C=O) groups is 2. The molecule has 32 heavy (non-hydrogen) atoms. The molecule has 0 spiro atoms. The number of nitrogens with two attached hydrogens (primary N) is 1. The molecule has 3 amide bonds. The van der Waals surface area contributed by atoms with Gasteiger partial charge >= 0.3 is 6.03 Å². The van der Waals surface area contributed by atoms with Crippen molar-refractivity contribution in [2.45, 2.75) is 24.9 Å². The van der Waals surface area contributed by atoms with Crippen LogP contribution in [0, 0.1) is 6.92 Å². The molecule has 0 aromatic heterocycles. The lowest BCUT2D eigenvalue weighted by molar-refractivity contribution is -0.130. The molecule has 3 N–H and O–H groups in total. The second-order valence-corrected chi connectivity index (χ2v) is 8.51. The molecule has 1 saturated heterocycles. The summed E-state index contributed by atoms with van der Waals surface area (Å²) in [5.41, 5.74) is 6.62. The van der Waals surface area contributed by atoms with Crippen molar-refractivity contribution in [3.05, 3.63) is 102 Å². The SMILES string of the molecule is Cc1ccccc1OCC(C)(N)CN1C(=O)NC(c2ccccc2)(c2ccccc2)C1=O. The van der Waals surface area contributed by atoms with E-state index in [0.29, 0.717) is 11.1 Å². The highest BCUT2D eigenvalue weighted by molar-refractivity contribution is 6.09. The van der Waals surface area contributed by atoms with Crippen LogP contribution in [0.3, 0.4) is 0 Å². The highest BCUT2D eigenvalue weighted by Crippen LogP contribution is 2.36. The monoisotopic (exact) mass is 429 g/mol. The van der Waals surface area contributed by atoms with Gasteiger partial charge in [0.15, 0.2) is 5.54 Å². The molecule has 1 aliphatic rings. The highest BCUT2D eigenvalue weighted by atomic mass is 16.5. The maximum absolute atomic E-state index is 13.8. The number of carbonyl (C=O) groups excluding carboxylic acids is 2. The van der Waals surface area contributed by atoms with Gasteiger partial charge in [-0.1, -0.05) is 78.9 Å². The number of hydrogen-bond donors (Lipinski definition) is 2. The fraction of sp³-hybridized carbons (Fsp3) is 0.231. The standard InChI is InChI=1S/C26H27N3O3/c1-19-11-9-10-16-22(19)32-18-25(2,27)17-29-23(30)26(28-24(29)31,20-12-5-3-6-13-20)21-14-7-4-8-15-21/h3-16H,17-18,27H2,1-2H3,(H,28,31). The molecule has 1 aliphatic heterocycles. The van der Waals surface area contributed by atoms with E-state index in [1.807, 2.05) is 91.9 Å². The molecule has 0 aliphatic carbocycles. The molecule has 1 unspecified atom stereocenters. The number of amides is 3. The van der Waals surface area contributed by atoms with Crippen LogP contribution in [0.5, 0.6) is 5.75 Å². The third kappa shape index (κ3) is 3.97. The van der Waals surface area contributed by atoms with E-state index in [9.17, 15) is 9.59 Å². The molecule has 164 valence electrons. The molecule has 1 fully saturated rings. The minimum atomic E-state index is -1.30. The number of nitrogens with one attached hydrogen (secondary N) is 1. The molecule has 3 aromatic rings. The van der Waals surface area contributed by atoms with Gasteiger partial charge in [-0.15, -0.1) is 0 Å². The Balaban J connectivity index is 1.61. The van der Waals surface area contributed by atoms with Crippen molar-refractivity contribution in [1.29, 1.82) is 0 Å². The summed E-state index contributed by atoms with van der Waals surface area (Å²) in [6, 6.07) is 25.7. The van der Waals surface area contributed by atoms with Gasteiger partial charge in [0.25, 0.3) is 5.91 Å². The van der Waals surface area contributed by atoms with Gasteiger partial charge < -0.3 is 15.8 Å². The van der Waals surface area contributed by atoms with Gasteiger partial charge in [-0.05, 0) is 36.6 Å². The molecule has 0 saturated carbocycles. The lowest BCUT2D eigenvalue weighted by Crippen LogP contribution is -2.54. The third-order valence-electron chi connectivity index (χ3n) is 5.69. The Labute approximate surface area is 188 Å². The van der Waals surface area contributed by atoms with E-state index in [1.165, 1.54) is 4.90 Å². The van der Waals surface area contributed by atoms with Crippen molar-refractivity contribution in [2.75, 3.05) is 13.2 Å². The van der Waals surface area contributed by atoms with Crippen LogP contribution >= 0.6 is 0 Å². The summed E-state index contributed by atoms with van der Waals surface area (Å²) in [4.78, 5) is 28.0. The Kier molecular flexibility index (Phi) is 5.72. The predicted octanol–water partition coefficient (Wildman–Crippen LogP) is 3.59. The minimum Gasteiger partial charge on any atom is -0.491 e. The first-order valence-corrected chi connectivity index (χ1v) is 10.6. The lowest BCUT2D eigenvalue weighted by Gasteiger charge is -2.31. The lowest BCUT2D eigenvalue weighted by atomic mass is 9.82. The van der Waals surface area contributed by atoms with E-state index < -0.39 is 17.1 Å². The van der Waals surface area contributed by atoms with Gasteiger partial charge in [0.1, 0.15) is 12.4 Å².